The molecule has 1 N–H and O–H groups in total. The van der Waals surface area contributed by atoms with Crippen molar-refractivity contribution in [3.05, 3.63) is 0 Å². The third-order valence-corrected chi connectivity index (χ3v) is 7.16. The van der Waals surface area contributed by atoms with Gasteiger partial charge in [0.25, 0.3) is 0 Å². The molecule has 0 radical (unpaired) electrons. The van der Waals surface area contributed by atoms with Gasteiger partial charge in [0.15, 0.2) is 0 Å². The summed E-state index contributed by atoms with van der Waals surface area (Å²) in [6.45, 7) is 2.58. The minimum Gasteiger partial charge on any atom is -0.395 e. The highest BCUT2D eigenvalue weighted by molar-refractivity contribution is 9.09. The van der Waals surface area contributed by atoms with Gasteiger partial charge in [-0.15, -0.1) is 0 Å². The second-order valence-electron chi connectivity index (χ2n) is 4.62. The Morgan fingerprint density at radius 3 is 1.72 bits per heavy atom. The number of unbranched alkanes of at least 4 members (excludes halogenated alkanes) is 9. The Balaban J connectivity index is 2.86. The van der Waals surface area contributed by atoms with Crippen molar-refractivity contribution in [1.29, 1.82) is 0 Å². The zero-order chi connectivity index (χ0) is 13.3. The van der Waals surface area contributed by atoms with Gasteiger partial charge >= 0.3 is 0 Å². The van der Waals surface area contributed by atoms with Crippen LogP contribution in [0.15, 0.2) is 0 Å². The van der Waals surface area contributed by atoms with Crippen molar-refractivity contribution < 1.29 is 5.11 Å². The summed E-state index contributed by atoms with van der Waals surface area (Å²) in [6, 6.07) is 0. The number of rotatable bonds is 15. The maximum Gasteiger partial charge on any atom is 0.0530 e. The van der Waals surface area contributed by atoms with E-state index in [4.69, 9.17) is 5.11 Å². The molecular formula is C14H30OS3. The van der Waals surface area contributed by atoms with E-state index < -0.39 is 0 Å². The highest BCUT2D eigenvalue weighted by Crippen LogP contribution is 2.34. The largest absolute Gasteiger partial charge is 0.395 e. The van der Waals surface area contributed by atoms with E-state index in [0.29, 0.717) is 6.61 Å². The minimum absolute atomic E-state index is 0.302. The molecule has 0 saturated heterocycles. The first-order chi connectivity index (χ1) is 8.91. The molecule has 0 spiro atoms. The Hall–Kier alpha value is 1.01. The van der Waals surface area contributed by atoms with Crippen molar-refractivity contribution in [1.82, 2.24) is 0 Å². The van der Waals surface area contributed by atoms with Crippen LogP contribution >= 0.6 is 31.4 Å². The molecule has 1 nitrogen and oxygen atoms in total. The third kappa shape index (κ3) is 17.0. The molecule has 0 unspecified atom stereocenters. The summed E-state index contributed by atoms with van der Waals surface area (Å²) in [5.41, 5.74) is 0. The van der Waals surface area contributed by atoms with Crippen LogP contribution in [0.1, 0.15) is 71.1 Å². The van der Waals surface area contributed by atoms with Crippen LogP contribution in [0.4, 0.5) is 0 Å². The van der Waals surface area contributed by atoms with Crippen LogP contribution in [-0.4, -0.2) is 23.2 Å². The van der Waals surface area contributed by atoms with Gasteiger partial charge in [0.1, 0.15) is 0 Å². The van der Waals surface area contributed by atoms with Crippen LogP contribution in [0, 0.1) is 0 Å². The number of aliphatic hydroxyl groups is 1. The van der Waals surface area contributed by atoms with E-state index >= 15 is 0 Å². The third-order valence-electron chi connectivity index (χ3n) is 2.85. The molecule has 0 rings (SSSR count). The molecule has 110 valence electrons. The summed E-state index contributed by atoms with van der Waals surface area (Å²) in [5.74, 6) is 2.12. The Bertz CT molecular complexity index is 129. The summed E-state index contributed by atoms with van der Waals surface area (Å²) in [5, 5.41) is 8.61. The normalized spacial score (nSPS) is 11.0. The quantitative estimate of drug-likeness (QED) is 0.299. The monoisotopic (exact) mass is 310 g/mol. The Morgan fingerprint density at radius 1 is 0.667 bits per heavy atom. The van der Waals surface area contributed by atoms with Crippen LogP contribution in [-0.2, 0) is 0 Å². The average Bonchev–Trinajstić information content (AvgIpc) is 2.39. The zero-order valence-electron chi connectivity index (χ0n) is 11.9. The first kappa shape index (κ1) is 19.0. The number of aliphatic hydroxyl groups excluding tert-OH is 1. The van der Waals surface area contributed by atoms with Gasteiger partial charge < -0.3 is 5.11 Å². The molecule has 18 heavy (non-hydrogen) atoms. The standard InChI is InChI=1S/C14H30OS3/c1-2-3-4-5-6-7-8-9-10-11-13-16-18-17-14-12-15/h15H,2-14H2,1H3. The van der Waals surface area contributed by atoms with E-state index in [-0.39, 0.29) is 0 Å². The smallest absolute Gasteiger partial charge is 0.0530 e. The fraction of sp³-hybridized carbons (Fsp3) is 1.00. The minimum atomic E-state index is 0.302. The number of hydrogen-bond donors (Lipinski definition) is 1. The van der Waals surface area contributed by atoms with E-state index in [0.717, 1.165) is 5.75 Å². The van der Waals surface area contributed by atoms with Gasteiger partial charge in [0, 0.05) is 11.5 Å². The lowest BCUT2D eigenvalue weighted by atomic mass is 10.1. The molecule has 0 atom stereocenters. The zero-order valence-corrected chi connectivity index (χ0v) is 14.3. The van der Waals surface area contributed by atoms with E-state index in [1.54, 1.807) is 10.8 Å². The maximum atomic E-state index is 8.61. The van der Waals surface area contributed by atoms with Crippen molar-refractivity contribution in [2.45, 2.75) is 71.1 Å². The lowest BCUT2D eigenvalue weighted by Gasteiger charge is -2.02. The summed E-state index contributed by atoms with van der Waals surface area (Å²) < 4.78 is 0. The van der Waals surface area contributed by atoms with Crippen LogP contribution < -0.4 is 0 Å². The van der Waals surface area contributed by atoms with Crippen molar-refractivity contribution in [3.63, 3.8) is 0 Å². The Kier molecular flexibility index (Phi) is 19.0. The predicted octanol–water partition coefficient (Wildman–Crippen LogP) is 5.93. The topological polar surface area (TPSA) is 20.2 Å². The van der Waals surface area contributed by atoms with Gasteiger partial charge in [0.2, 0.25) is 0 Å². The molecule has 0 amide bonds. The van der Waals surface area contributed by atoms with Crippen LogP contribution in [0.2, 0.25) is 0 Å². The molecule has 0 aromatic rings. The molecule has 0 bridgehead atoms. The van der Waals surface area contributed by atoms with Gasteiger partial charge in [-0.25, -0.2) is 0 Å². The molecule has 0 saturated carbocycles. The summed E-state index contributed by atoms with van der Waals surface area (Å²) >= 11 is 0. The van der Waals surface area contributed by atoms with Crippen LogP contribution in [0.5, 0.6) is 0 Å². The second kappa shape index (κ2) is 18.0. The fourth-order valence-electron chi connectivity index (χ4n) is 1.79. The van der Waals surface area contributed by atoms with Gasteiger partial charge in [-0.2, -0.15) is 0 Å². The predicted molar refractivity (Wildman–Crippen MR) is 91.4 cm³/mol. The first-order valence-corrected chi connectivity index (χ1v) is 11.3. The van der Waals surface area contributed by atoms with Crippen LogP contribution in [0.25, 0.3) is 0 Å². The van der Waals surface area contributed by atoms with E-state index in [1.807, 2.05) is 20.6 Å². The summed E-state index contributed by atoms with van der Waals surface area (Å²) in [7, 11) is 5.53. The van der Waals surface area contributed by atoms with E-state index in [1.165, 1.54) is 70.0 Å². The van der Waals surface area contributed by atoms with Crippen LogP contribution in [0.3, 0.4) is 0 Å². The van der Waals surface area contributed by atoms with Gasteiger partial charge in [-0.05, 0) is 16.2 Å². The van der Waals surface area contributed by atoms with E-state index in [2.05, 4.69) is 6.92 Å². The molecule has 0 aromatic heterocycles. The molecule has 0 heterocycles. The van der Waals surface area contributed by atoms with E-state index in [9.17, 15) is 0 Å². The first-order valence-electron chi connectivity index (χ1n) is 7.43. The van der Waals surface area contributed by atoms with Crippen molar-refractivity contribution >= 4 is 31.4 Å². The highest BCUT2D eigenvalue weighted by Gasteiger charge is 1.94. The highest BCUT2D eigenvalue weighted by atomic mass is 33.5. The van der Waals surface area contributed by atoms with Gasteiger partial charge in [-0.3, -0.25) is 0 Å². The summed E-state index contributed by atoms with van der Waals surface area (Å²) in [6.07, 6.45) is 14.2. The lowest BCUT2D eigenvalue weighted by molar-refractivity contribution is 0.323. The summed E-state index contributed by atoms with van der Waals surface area (Å²) in [4.78, 5) is 0. The second-order valence-corrected chi connectivity index (χ2v) is 9.09. The van der Waals surface area contributed by atoms with Crippen molar-refractivity contribution in [3.8, 4) is 0 Å². The molecule has 0 aliphatic heterocycles. The van der Waals surface area contributed by atoms with Gasteiger partial charge in [-0.1, -0.05) is 86.3 Å². The van der Waals surface area contributed by atoms with Gasteiger partial charge in [0.05, 0.1) is 6.61 Å². The molecular weight excluding hydrogens is 280 g/mol. The van der Waals surface area contributed by atoms with Crippen molar-refractivity contribution in [2.24, 2.45) is 0 Å². The lowest BCUT2D eigenvalue weighted by Crippen LogP contribution is -1.83. The number of hydrogen-bond acceptors (Lipinski definition) is 4. The average molecular weight is 311 g/mol. The Morgan fingerprint density at radius 2 is 1.17 bits per heavy atom. The molecule has 0 aliphatic rings. The molecule has 4 heteroatoms. The van der Waals surface area contributed by atoms with Crippen molar-refractivity contribution in [2.75, 3.05) is 18.1 Å². The molecule has 0 aromatic carbocycles. The molecule has 0 aliphatic carbocycles. The maximum absolute atomic E-state index is 8.61. The Labute approximate surface area is 125 Å². The fourth-order valence-corrected chi connectivity index (χ4v) is 5.42. The molecule has 0 fully saturated rings. The SMILES string of the molecule is CCCCCCCCCCCCSSSCCO.